The summed E-state index contributed by atoms with van der Waals surface area (Å²) in [7, 11) is 0. The van der Waals surface area contributed by atoms with E-state index >= 15 is 0 Å². The van der Waals surface area contributed by atoms with Crippen LogP contribution in [0.25, 0.3) is 0 Å². The lowest BCUT2D eigenvalue weighted by Crippen LogP contribution is -2.37. The molecule has 0 radical (unpaired) electrons. The van der Waals surface area contributed by atoms with Gasteiger partial charge in [0.25, 0.3) is 0 Å². The highest BCUT2D eigenvalue weighted by Gasteiger charge is 2.29. The largest absolute Gasteiger partial charge is 0.416 e. The van der Waals surface area contributed by atoms with Crippen molar-refractivity contribution < 1.29 is 13.2 Å². The van der Waals surface area contributed by atoms with Gasteiger partial charge in [0.15, 0.2) is 5.96 Å². The smallest absolute Gasteiger partial charge is 0.357 e. The molecule has 3 nitrogen and oxygen atoms in total. The Labute approximate surface area is 140 Å². The summed E-state index contributed by atoms with van der Waals surface area (Å²) in [5.74, 6) is 1.83. The van der Waals surface area contributed by atoms with Crippen molar-refractivity contribution in [2.45, 2.75) is 32.5 Å². The first kappa shape index (κ1) is 19.7. The molecule has 0 aromatic heterocycles. The van der Waals surface area contributed by atoms with Gasteiger partial charge >= 0.3 is 6.18 Å². The molecule has 0 aliphatic rings. The third kappa shape index (κ3) is 8.16. The van der Waals surface area contributed by atoms with Crippen molar-refractivity contribution in [3.63, 3.8) is 0 Å². The molecule has 0 bridgehead atoms. The van der Waals surface area contributed by atoms with E-state index in [2.05, 4.69) is 21.9 Å². The van der Waals surface area contributed by atoms with Crippen molar-refractivity contribution in [3.8, 4) is 0 Å². The molecular formula is C16H24F3N3S. The number of nitrogens with zero attached hydrogens (tertiary/aromatic N) is 1. The van der Waals surface area contributed by atoms with Crippen LogP contribution in [0.1, 0.15) is 30.9 Å². The van der Waals surface area contributed by atoms with Crippen molar-refractivity contribution in [1.82, 2.24) is 10.6 Å². The number of hydrogen-bond acceptors (Lipinski definition) is 2. The zero-order valence-electron chi connectivity index (χ0n) is 13.5. The molecular weight excluding hydrogens is 323 g/mol. The van der Waals surface area contributed by atoms with Crippen molar-refractivity contribution in [1.29, 1.82) is 0 Å². The standard InChI is InChI=1S/C16H24F3N3S/c1-3-20-15(21-10-4-5-11-23-2)22-12-13-6-8-14(9-7-13)16(17,18)19/h6-9H,3-5,10-12H2,1-2H3,(H2,20,21,22). The lowest BCUT2D eigenvalue weighted by molar-refractivity contribution is -0.137. The van der Waals surface area contributed by atoms with Gasteiger partial charge in [0.1, 0.15) is 0 Å². The molecule has 23 heavy (non-hydrogen) atoms. The molecule has 1 aromatic carbocycles. The van der Waals surface area contributed by atoms with Crippen molar-refractivity contribution in [2.75, 3.05) is 25.1 Å². The molecule has 7 heteroatoms. The van der Waals surface area contributed by atoms with Gasteiger partial charge < -0.3 is 10.6 Å². The predicted molar refractivity (Wildman–Crippen MR) is 91.9 cm³/mol. The molecule has 0 unspecified atom stereocenters. The van der Waals surface area contributed by atoms with Gasteiger partial charge in [-0.1, -0.05) is 12.1 Å². The maximum Gasteiger partial charge on any atom is 0.416 e. The third-order valence-corrected chi connectivity index (χ3v) is 3.81. The summed E-state index contributed by atoms with van der Waals surface area (Å²) < 4.78 is 37.5. The van der Waals surface area contributed by atoms with Crippen LogP contribution in [0.15, 0.2) is 29.3 Å². The predicted octanol–water partition coefficient (Wildman–Crippen LogP) is 3.90. The van der Waals surface area contributed by atoms with Crippen LogP contribution < -0.4 is 10.6 Å². The maximum absolute atomic E-state index is 12.5. The molecule has 0 aliphatic carbocycles. The fourth-order valence-corrected chi connectivity index (χ4v) is 2.38. The minimum Gasteiger partial charge on any atom is -0.357 e. The molecule has 0 amide bonds. The maximum atomic E-state index is 12.5. The van der Waals surface area contributed by atoms with Crippen LogP contribution >= 0.6 is 11.8 Å². The average molecular weight is 347 g/mol. The van der Waals surface area contributed by atoms with E-state index < -0.39 is 11.7 Å². The topological polar surface area (TPSA) is 36.4 Å². The summed E-state index contributed by atoms with van der Waals surface area (Å²) in [4.78, 5) is 4.40. The van der Waals surface area contributed by atoms with E-state index in [4.69, 9.17) is 0 Å². The molecule has 2 N–H and O–H groups in total. The third-order valence-electron chi connectivity index (χ3n) is 3.11. The van der Waals surface area contributed by atoms with Gasteiger partial charge in [0, 0.05) is 13.1 Å². The summed E-state index contributed by atoms with van der Waals surface area (Å²) in [5, 5.41) is 6.37. The van der Waals surface area contributed by atoms with E-state index in [0.29, 0.717) is 12.5 Å². The average Bonchev–Trinajstić information content (AvgIpc) is 2.52. The lowest BCUT2D eigenvalue weighted by Gasteiger charge is -2.11. The first-order valence-electron chi connectivity index (χ1n) is 7.64. The van der Waals surface area contributed by atoms with Crippen LogP contribution in [0.2, 0.25) is 0 Å². The highest BCUT2D eigenvalue weighted by Crippen LogP contribution is 2.29. The Morgan fingerprint density at radius 1 is 1.13 bits per heavy atom. The Morgan fingerprint density at radius 2 is 1.83 bits per heavy atom. The second-order valence-electron chi connectivity index (χ2n) is 5.02. The summed E-state index contributed by atoms with van der Waals surface area (Å²) in [6.07, 6.45) is -0.00389. The number of alkyl halides is 3. The zero-order chi connectivity index (χ0) is 17.1. The summed E-state index contributed by atoms with van der Waals surface area (Å²) in [5.41, 5.74) is 0.113. The summed E-state index contributed by atoms with van der Waals surface area (Å²) >= 11 is 1.83. The second-order valence-corrected chi connectivity index (χ2v) is 6.00. The number of hydrogen-bond donors (Lipinski definition) is 2. The normalized spacial score (nSPS) is 12.3. The van der Waals surface area contributed by atoms with E-state index in [9.17, 15) is 13.2 Å². The minimum absolute atomic E-state index is 0.346. The number of guanidine groups is 1. The monoisotopic (exact) mass is 347 g/mol. The van der Waals surface area contributed by atoms with E-state index in [1.807, 2.05) is 18.7 Å². The number of benzene rings is 1. The van der Waals surface area contributed by atoms with Gasteiger partial charge in [-0.2, -0.15) is 24.9 Å². The van der Waals surface area contributed by atoms with Crippen LogP contribution in [-0.2, 0) is 12.7 Å². The molecule has 0 aliphatic heterocycles. The quantitative estimate of drug-likeness (QED) is 0.425. The Kier molecular flexibility index (Phi) is 8.91. The van der Waals surface area contributed by atoms with Crippen LogP contribution in [0.5, 0.6) is 0 Å². The van der Waals surface area contributed by atoms with E-state index in [1.54, 1.807) is 0 Å². The first-order chi connectivity index (χ1) is 11.0. The highest BCUT2D eigenvalue weighted by atomic mass is 32.2. The fraction of sp³-hybridized carbons (Fsp3) is 0.562. The Bertz CT molecular complexity index is 472. The SMILES string of the molecule is CCNC(=NCc1ccc(C(F)(F)F)cc1)NCCCCSC. The number of unbranched alkanes of at least 4 members (excludes halogenated alkanes) is 1. The molecule has 0 saturated carbocycles. The van der Waals surface area contributed by atoms with E-state index in [0.717, 1.165) is 49.4 Å². The summed E-state index contributed by atoms with van der Waals surface area (Å²) in [6.45, 7) is 3.89. The Morgan fingerprint density at radius 3 is 2.39 bits per heavy atom. The van der Waals surface area contributed by atoms with E-state index in [1.165, 1.54) is 12.1 Å². The first-order valence-corrected chi connectivity index (χ1v) is 9.04. The van der Waals surface area contributed by atoms with Crippen molar-refractivity contribution in [2.24, 2.45) is 4.99 Å². The van der Waals surface area contributed by atoms with Crippen molar-refractivity contribution >= 4 is 17.7 Å². The number of aliphatic imine (C=N–C) groups is 1. The minimum atomic E-state index is -4.30. The van der Waals surface area contributed by atoms with Gasteiger partial charge in [-0.05, 0) is 49.5 Å². The number of thioether (sulfide) groups is 1. The number of halogens is 3. The van der Waals surface area contributed by atoms with Gasteiger partial charge in [0.2, 0.25) is 0 Å². The number of rotatable bonds is 8. The lowest BCUT2D eigenvalue weighted by atomic mass is 10.1. The van der Waals surface area contributed by atoms with Gasteiger partial charge in [-0.15, -0.1) is 0 Å². The molecule has 0 atom stereocenters. The van der Waals surface area contributed by atoms with Crippen molar-refractivity contribution in [3.05, 3.63) is 35.4 Å². The van der Waals surface area contributed by atoms with Crippen LogP contribution in [-0.4, -0.2) is 31.1 Å². The second kappa shape index (κ2) is 10.4. The molecule has 0 heterocycles. The van der Waals surface area contributed by atoms with Gasteiger partial charge in [-0.3, -0.25) is 0 Å². The Balaban J connectivity index is 2.52. The van der Waals surface area contributed by atoms with Gasteiger partial charge in [-0.25, -0.2) is 4.99 Å². The molecule has 0 fully saturated rings. The Hall–Kier alpha value is -1.37. The molecule has 0 spiro atoms. The molecule has 1 aromatic rings. The molecule has 130 valence electrons. The van der Waals surface area contributed by atoms with Gasteiger partial charge in [0.05, 0.1) is 12.1 Å². The van der Waals surface area contributed by atoms with Crippen LogP contribution in [0, 0.1) is 0 Å². The summed E-state index contributed by atoms with van der Waals surface area (Å²) in [6, 6.07) is 5.12. The fourth-order valence-electron chi connectivity index (χ4n) is 1.89. The van der Waals surface area contributed by atoms with Crippen LogP contribution in [0.3, 0.4) is 0 Å². The highest BCUT2D eigenvalue weighted by molar-refractivity contribution is 7.98. The zero-order valence-corrected chi connectivity index (χ0v) is 14.4. The molecule has 0 saturated heterocycles. The number of nitrogens with one attached hydrogen (secondary N) is 2. The van der Waals surface area contributed by atoms with E-state index in [-0.39, 0.29) is 0 Å². The van der Waals surface area contributed by atoms with Crippen LogP contribution in [0.4, 0.5) is 13.2 Å². The molecule has 1 rings (SSSR count).